The lowest BCUT2D eigenvalue weighted by atomic mass is 9.82. The van der Waals surface area contributed by atoms with E-state index in [1.54, 1.807) is 69.2 Å². The molecule has 2 aromatic rings. The number of nitrogens with zero attached hydrogens (tertiary/aromatic N) is 3. The fourth-order valence-corrected chi connectivity index (χ4v) is 4.48. The molecule has 3 heterocycles. The Hall–Kier alpha value is -4.19. The Morgan fingerprint density at radius 2 is 1.95 bits per heavy atom. The van der Waals surface area contributed by atoms with Crippen molar-refractivity contribution in [2.45, 2.75) is 46.3 Å². The fraction of sp³-hybridized carbons (Fsp3) is 0.423. The maximum Gasteiger partial charge on any atom is 0.358 e. The van der Waals surface area contributed by atoms with Crippen LogP contribution in [0.3, 0.4) is 0 Å². The molecule has 1 aromatic heterocycles. The number of β-lactam (4-membered cyclic amide) rings is 1. The highest BCUT2D eigenvalue weighted by atomic mass is 16.7. The minimum absolute atomic E-state index is 0.0267. The Morgan fingerprint density at radius 3 is 2.58 bits per heavy atom. The first-order valence-corrected chi connectivity index (χ1v) is 12.1. The van der Waals surface area contributed by atoms with Gasteiger partial charge in [0, 0.05) is 18.9 Å². The summed E-state index contributed by atoms with van der Waals surface area (Å²) >= 11 is 0. The first-order valence-electron chi connectivity index (χ1n) is 12.1. The second-order valence-corrected chi connectivity index (χ2v) is 10.4. The summed E-state index contributed by atoms with van der Waals surface area (Å²) in [6, 6.07) is 5.89. The van der Waals surface area contributed by atoms with Crippen LogP contribution in [0.1, 0.15) is 39.7 Å². The number of ether oxygens (including phenoxy) is 2. The van der Waals surface area contributed by atoms with Crippen molar-refractivity contribution in [2.75, 3.05) is 17.4 Å². The summed E-state index contributed by atoms with van der Waals surface area (Å²) in [7, 11) is 1.78. The normalized spacial score (nSPS) is 19.4. The third kappa shape index (κ3) is 5.40. The number of hydrogen-bond acceptors (Lipinski definition) is 8. The van der Waals surface area contributed by atoms with E-state index >= 15 is 0 Å². The number of imidazole rings is 1. The summed E-state index contributed by atoms with van der Waals surface area (Å²) in [5, 5.41) is 15.5. The van der Waals surface area contributed by atoms with Gasteiger partial charge in [-0.2, -0.15) is 0 Å². The Morgan fingerprint density at radius 1 is 1.21 bits per heavy atom. The number of aryl methyl sites for hydroxylation is 1. The fourth-order valence-electron chi connectivity index (χ4n) is 4.48. The van der Waals surface area contributed by atoms with Crippen LogP contribution in [0.5, 0.6) is 0 Å². The van der Waals surface area contributed by atoms with Crippen LogP contribution in [-0.2, 0) is 30.9 Å². The highest BCUT2D eigenvalue weighted by Gasteiger charge is 2.57. The van der Waals surface area contributed by atoms with Crippen LogP contribution in [0.2, 0.25) is 0 Å². The molecule has 0 spiro atoms. The van der Waals surface area contributed by atoms with E-state index < -0.39 is 48.2 Å². The second kappa shape index (κ2) is 10.3. The molecule has 3 N–H and O–H groups in total. The number of carbonyl (C=O) groups excluding carboxylic acids is 4. The molecular weight excluding hydrogens is 494 g/mol. The van der Waals surface area contributed by atoms with Crippen LogP contribution in [-0.4, -0.2) is 62.4 Å². The van der Waals surface area contributed by atoms with Gasteiger partial charge in [-0.1, -0.05) is 12.1 Å². The van der Waals surface area contributed by atoms with E-state index in [1.165, 1.54) is 11.8 Å². The number of benzene rings is 1. The van der Waals surface area contributed by atoms with E-state index in [9.17, 15) is 24.3 Å². The number of urea groups is 1. The van der Waals surface area contributed by atoms with Gasteiger partial charge in [0.2, 0.25) is 12.7 Å². The predicted octanol–water partition coefficient (Wildman–Crippen LogP) is 2.48. The third-order valence-electron chi connectivity index (χ3n) is 6.33. The largest absolute Gasteiger partial charge is 0.427 e. The molecule has 0 bridgehead atoms. The van der Waals surface area contributed by atoms with Crippen molar-refractivity contribution >= 4 is 41.0 Å². The Balaban J connectivity index is 1.56. The molecule has 2 aliphatic heterocycles. The van der Waals surface area contributed by atoms with Gasteiger partial charge in [0.1, 0.15) is 5.70 Å². The number of rotatable bonds is 7. The average molecular weight is 526 g/mol. The van der Waals surface area contributed by atoms with Crippen LogP contribution in [0, 0.1) is 11.3 Å². The Labute approximate surface area is 219 Å². The number of aliphatic hydroxyl groups excluding tert-OH is 1. The number of nitrogens with one attached hydrogen (secondary N) is 2. The maximum absolute atomic E-state index is 13.1. The molecule has 38 heavy (non-hydrogen) atoms. The minimum Gasteiger partial charge on any atom is -0.427 e. The summed E-state index contributed by atoms with van der Waals surface area (Å²) < 4.78 is 12.0. The van der Waals surface area contributed by atoms with Crippen molar-refractivity contribution in [3.63, 3.8) is 0 Å². The highest BCUT2D eigenvalue weighted by molar-refractivity contribution is 6.07. The van der Waals surface area contributed by atoms with Crippen molar-refractivity contribution in [2.24, 2.45) is 18.4 Å². The van der Waals surface area contributed by atoms with Gasteiger partial charge in [-0.3, -0.25) is 14.9 Å². The van der Waals surface area contributed by atoms with Gasteiger partial charge in [-0.25, -0.2) is 14.6 Å². The number of hydrogen-bond donors (Lipinski definition) is 3. The van der Waals surface area contributed by atoms with Crippen molar-refractivity contribution < 1.29 is 33.8 Å². The summed E-state index contributed by atoms with van der Waals surface area (Å²) in [5.74, 6) is -2.03. The van der Waals surface area contributed by atoms with E-state index in [4.69, 9.17) is 9.47 Å². The first kappa shape index (κ1) is 26.9. The molecule has 0 unspecified atom stereocenters. The monoisotopic (exact) mass is 525 g/mol. The van der Waals surface area contributed by atoms with E-state index in [0.717, 1.165) is 0 Å². The van der Waals surface area contributed by atoms with Crippen LogP contribution >= 0.6 is 0 Å². The zero-order valence-electron chi connectivity index (χ0n) is 21.8. The third-order valence-corrected chi connectivity index (χ3v) is 6.33. The van der Waals surface area contributed by atoms with Gasteiger partial charge in [-0.05, 0) is 57.4 Å². The zero-order valence-corrected chi connectivity index (χ0v) is 21.8. The van der Waals surface area contributed by atoms with E-state index in [0.29, 0.717) is 29.1 Å². The second-order valence-electron chi connectivity index (χ2n) is 10.4. The topological polar surface area (TPSA) is 152 Å². The molecule has 0 aliphatic carbocycles. The first-order chi connectivity index (χ1) is 17.9. The van der Waals surface area contributed by atoms with Gasteiger partial charge < -0.3 is 29.4 Å². The standard InChI is InChI=1S/C26H31N5O7/c1-14(32)20-18-10-17(21(31(18)22(20)33)23(34)37-13-38-24(35)26(2,3)4)15-7-6-8-16(9-15)28-25(36)29-19-11-30(5)12-27-19/h6-9,11-12,14,18,20,32H,10,13H2,1-5H3,(H2,28,29,36)/t14-,18-,20-/m1/s1. The summed E-state index contributed by atoms with van der Waals surface area (Å²) in [6.07, 6.45) is 2.61. The van der Waals surface area contributed by atoms with Crippen molar-refractivity contribution in [3.05, 3.63) is 48.1 Å². The molecule has 1 fully saturated rings. The molecule has 0 saturated carbocycles. The smallest absolute Gasteiger partial charge is 0.358 e. The Kier molecular flexibility index (Phi) is 7.27. The zero-order chi connectivity index (χ0) is 27.8. The van der Waals surface area contributed by atoms with Crippen LogP contribution in [0.25, 0.3) is 5.57 Å². The molecule has 202 valence electrons. The number of carbonyl (C=O) groups is 4. The SMILES string of the molecule is C[C@@H](O)[C@H]1C(=O)N2C(C(=O)OCOC(=O)C(C)(C)C)=C(c3cccc(NC(=O)Nc4cn(C)cn4)c3)C[C@H]12. The van der Waals surface area contributed by atoms with Crippen molar-refractivity contribution in [3.8, 4) is 0 Å². The van der Waals surface area contributed by atoms with Gasteiger partial charge in [-0.15, -0.1) is 0 Å². The quantitative estimate of drug-likeness (QED) is 0.283. The van der Waals surface area contributed by atoms with Crippen LogP contribution in [0.4, 0.5) is 16.3 Å². The molecule has 3 amide bonds. The van der Waals surface area contributed by atoms with Gasteiger partial charge >= 0.3 is 18.0 Å². The summed E-state index contributed by atoms with van der Waals surface area (Å²) in [5.41, 5.74) is 0.809. The number of fused-ring (bicyclic) bond motifs is 1. The molecule has 12 nitrogen and oxygen atoms in total. The molecule has 1 aromatic carbocycles. The number of aliphatic hydroxyl groups is 1. The van der Waals surface area contributed by atoms with Crippen LogP contribution in [0.15, 0.2) is 42.5 Å². The van der Waals surface area contributed by atoms with E-state index in [-0.39, 0.29) is 11.6 Å². The average Bonchev–Trinajstić information content (AvgIpc) is 3.38. The molecule has 3 atom stereocenters. The number of anilines is 2. The lowest BCUT2D eigenvalue weighted by Gasteiger charge is -2.44. The molecular formula is C26H31N5O7. The summed E-state index contributed by atoms with van der Waals surface area (Å²) in [4.78, 5) is 55.8. The van der Waals surface area contributed by atoms with Gasteiger partial charge in [0.05, 0.1) is 29.8 Å². The molecule has 2 aliphatic rings. The van der Waals surface area contributed by atoms with Gasteiger partial charge in [0.15, 0.2) is 5.82 Å². The van der Waals surface area contributed by atoms with Crippen molar-refractivity contribution in [1.29, 1.82) is 0 Å². The molecule has 0 radical (unpaired) electrons. The Bertz CT molecular complexity index is 1310. The number of aromatic nitrogens is 2. The van der Waals surface area contributed by atoms with Crippen molar-refractivity contribution in [1.82, 2.24) is 14.5 Å². The molecule has 1 saturated heterocycles. The number of esters is 2. The molecule has 4 rings (SSSR count). The van der Waals surface area contributed by atoms with Crippen LogP contribution < -0.4 is 10.6 Å². The number of amides is 3. The van der Waals surface area contributed by atoms with E-state index in [2.05, 4.69) is 15.6 Å². The lowest BCUT2D eigenvalue weighted by molar-refractivity contribution is -0.175. The van der Waals surface area contributed by atoms with Gasteiger partial charge in [0.25, 0.3) is 0 Å². The minimum atomic E-state index is -0.892. The maximum atomic E-state index is 13.1. The highest BCUT2D eigenvalue weighted by Crippen LogP contribution is 2.47. The van der Waals surface area contributed by atoms with E-state index in [1.807, 2.05) is 0 Å². The predicted molar refractivity (Wildman–Crippen MR) is 136 cm³/mol. The summed E-state index contributed by atoms with van der Waals surface area (Å²) in [6.45, 7) is 5.95. The lowest BCUT2D eigenvalue weighted by Crippen LogP contribution is -2.61. The molecule has 12 heteroatoms.